The molecule has 8 nitrogen and oxygen atoms in total. The van der Waals surface area contributed by atoms with E-state index < -0.39 is 30.4 Å². The number of primary amides is 1. The van der Waals surface area contributed by atoms with Gasteiger partial charge in [-0.25, -0.2) is 9.59 Å². The molecule has 2 atom stereocenters. The molecule has 0 saturated carbocycles. The standard InChI is InChI=1S/C12H24N4O4/c1-7(2)9(6-16(3)4)15-12(20)14-8(11(18)19)5-10(13)17/h7-9H,5-6H2,1-4H3,(H2,13,17)(H,18,19)(H2,14,15,20)/t8-,9?/m0/s1. The highest BCUT2D eigenvalue weighted by molar-refractivity contribution is 5.87. The molecule has 0 heterocycles. The van der Waals surface area contributed by atoms with Gasteiger partial charge in [-0.15, -0.1) is 0 Å². The van der Waals surface area contributed by atoms with Gasteiger partial charge in [0.2, 0.25) is 5.91 Å². The highest BCUT2D eigenvalue weighted by Gasteiger charge is 2.24. The smallest absolute Gasteiger partial charge is 0.326 e. The molecule has 0 aromatic carbocycles. The molecule has 0 rings (SSSR count). The van der Waals surface area contributed by atoms with Crippen LogP contribution in [0.15, 0.2) is 0 Å². The molecule has 5 N–H and O–H groups in total. The Balaban J connectivity index is 4.56. The summed E-state index contributed by atoms with van der Waals surface area (Å²) >= 11 is 0. The maximum atomic E-state index is 11.8. The normalized spacial score (nSPS) is 13.9. The van der Waals surface area contributed by atoms with Crippen LogP contribution in [-0.2, 0) is 9.59 Å². The molecule has 116 valence electrons. The van der Waals surface area contributed by atoms with Crippen molar-refractivity contribution < 1.29 is 19.5 Å². The lowest BCUT2D eigenvalue weighted by Gasteiger charge is -2.26. The van der Waals surface area contributed by atoms with Gasteiger partial charge in [0.1, 0.15) is 6.04 Å². The molecule has 1 unspecified atom stereocenters. The molecule has 0 saturated heterocycles. The van der Waals surface area contributed by atoms with Gasteiger partial charge >= 0.3 is 12.0 Å². The van der Waals surface area contributed by atoms with E-state index >= 15 is 0 Å². The van der Waals surface area contributed by atoms with Crippen LogP contribution in [0.2, 0.25) is 0 Å². The Kier molecular flexibility index (Phi) is 7.60. The zero-order valence-corrected chi connectivity index (χ0v) is 12.3. The molecular formula is C12H24N4O4. The van der Waals surface area contributed by atoms with Crippen LogP contribution >= 0.6 is 0 Å². The summed E-state index contributed by atoms with van der Waals surface area (Å²) in [4.78, 5) is 35.4. The number of nitrogens with two attached hydrogens (primary N) is 1. The molecule has 0 fully saturated rings. The van der Waals surface area contributed by atoms with E-state index in [1.807, 2.05) is 32.8 Å². The maximum Gasteiger partial charge on any atom is 0.326 e. The molecule has 0 aliphatic carbocycles. The Hall–Kier alpha value is -1.83. The zero-order valence-electron chi connectivity index (χ0n) is 12.3. The average molecular weight is 288 g/mol. The summed E-state index contributed by atoms with van der Waals surface area (Å²) in [5, 5.41) is 13.8. The summed E-state index contributed by atoms with van der Waals surface area (Å²) in [7, 11) is 3.75. The van der Waals surface area contributed by atoms with Crippen LogP contribution in [0.5, 0.6) is 0 Å². The van der Waals surface area contributed by atoms with E-state index in [9.17, 15) is 14.4 Å². The first kappa shape index (κ1) is 18.2. The van der Waals surface area contributed by atoms with Crippen LogP contribution in [0.4, 0.5) is 4.79 Å². The van der Waals surface area contributed by atoms with Crippen LogP contribution in [0.3, 0.4) is 0 Å². The van der Waals surface area contributed by atoms with Crippen LogP contribution in [0.25, 0.3) is 0 Å². The molecule has 0 aliphatic heterocycles. The number of urea groups is 1. The molecule has 0 aromatic heterocycles. The number of nitrogens with zero attached hydrogens (tertiary/aromatic N) is 1. The topological polar surface area (TPSA) is 125 Å². The van der Waals surface area contributed by atoms with Crippen molar-refractivity contribution in [2.45, 2.75) is 32.4 Å². The average Bonchev–Trinajstić information content (AvgIpc) is 2.25. The van der Waals surface area contributed by atoms with Crippen molar-refractivity contribution >= 4 is 17.9 Å². The van der Waals surface area contributed by atoms with E-state index in [0.717, 1.165) is 0 Å². The predicted molar refractivity (Wildman–Crippen MR) is 74.1 cm³/mol. The summed E-state index contributed by atoms with van der Waals surface area (Å²) in [6, 6.07) is -2.08. The number of likely N-dealkylation sites (N-methyl/N-ethyl adjacent to an activating group) is 1. The van der Waals surface area contributed by atoms with Crippen molar-refractivity contribution in [2.75, 3.05) is 20.6 Å². The lowest BCUT2D eigenvalue weighted by Crippen LogP contribution is -2.53. The SMILES string of the molecule is CC(C)C(CN(C)C)NC(=O)N[C@@H](CC(N)=O)C(=O)O. The van der Waals surface area contributed by atoms with Crippen molar-refractivity contribution in [1.29, 1.82) is 0 Å². The first-order valence-electron chi connectivity index (χ1n) is 6.36. The van der Waals surface area contributed by atoms with Crippen molar-refractivity contribution in [2.24, 2.45) is 11.7 Å². The fourth-order valence-corrected chi connectivity index (χ4v) is 1.59. The molecule has 0 radical (unpaired) electrons. The van der Waals surface area contributed by atoms with E-state index in [-0.39, 0.29) is 12.0 Å². The molecule has 0 bridgehead atoms. The lowest BCUT2D eigenvalue weighted by molar-refractivity contribution is -0.140. The summed E-state index contributed by atoms with van der Waals surface area (Å²) in [5.74, 6) is -1.90. The Morgan fingerprint density at radius 3 is 2.10 bits per heavy atom. The fourth-order valence-electron chi connectivity index (χ4n) is 1.59. The summed E-state index contributed by atoms with van der Waals surface area (Å²) in [5.41, 5.74) is 4.94. The largest absolute Gasteiger partial charge is 0.480 e. The second-order valence-corrected chi connectivity index (χ2v) is 5.29. The third-order valence-electron chi connectivity index (χ3n) is 2.69. The van der Waals surface area contributed by atoms with Crippen LogP contribution in [-0.4, -0.2) is 60.6 Å². The number of carboxylic acids is 1. The number of hydrogen-bond acceptors (Lipinski definition) is 4. The van der Waals surface area contributed by atoms with E-state index in [4.69, 9.17) is 10.8 Å². The molecule has 0 aromatic rings. The maximum absolute atomic E-state index is 11.8. The van der Waals surface area contributed by atoms with Crippen molar-refractivity contribution in [3.63, 3.8) is 0 Å². The minimum atomic E-state index is -1.32. The first-order valence-corrected chi connectivity index (χ1v) is 6.36. The van der Waals surface area contributed by atoms with Gasteiger partial charge in [-0.1, -0.05) is 13.8 Å². The van der Waals surface area contributed by atoms with Crippen LogP contribution < -0.4 is 16.4 Å². The number of hydrogen-bond donors (Lipinski definition) is 4. The van der Waals surface area contributed by atoms with Crippen molar-refractivity contribution in [3.05, 3.63) is 0 Å². The van der Waals surface area contributed by atoms with E-state index in [1.54, 1.807) is 0 Å². The lowest BCUT2D eigenvalue weighted by atomic mass is 10.0. The Labute approximate surface area is 118 Å². The molecule has 20 heavy (non-hydrogen) atoms. The zero-order chi connectivity index (χ0) is 15.9. The van der Waals surface area contributed by atoms with Crippen molar-refractivity contribution in [3.8, 4) is 0 Å². The Morgan fingerprint density at radius 1 is 1.20 bits per heavy atom. The minimum absolute atomic E-state index is 0.131. The third kappa shape index (κ3) is 7.57. The summed E-state index contributed by atoms with van der Waals surface area (Å²) in [6.45, 7) is 4.53. The first-order chi connectivity index (χ1) is 9.13. The number of carboxylic acid groups (broad SMARTS) is 1. The third-order valence-corrected chi connectivity index (χ3v) is 2.69. The molecule has 0 spiro atoms. The second-order valence-electron chi connectivity index (χ2n) is 5.29. The summed E-state index contributed by atoms with van der Waals surface area (Å²) < 4.78 is 0. The number of rotatable bonds is 8. The van der Waals surface area contributed by atoms with Crippen LogP contribution in [0, 0.1) is 5.92 Å². The molecule has 8 heteroatoms. The monoisotopic (exact) mass is 288 g/mol. The predicted octanol–water partition coefficient (Wildman–Crippen LogP) is -0.800. The van der Waals surface area contributed by atoms with E-state index in [1.165, 1.54) is 0 Å². The van der Waals surface area contributed by atoms with Gasteiger partial charge < -0.3 is 26.4 Å². The van der Waals surface area contributed by atoms with Gasteiger partial charge in [0.05, 0.1) is 6.42 Å². The van der Waals surface area contributed by atoms with Gasteiger partial charge in [-0.2, -0.15) is 0 Å². The number of aliphatic carboxylic acids is 1. The van der Waals surface area contributed by atoms with Crippen LogP contribution in [0.1, 0.15) is 20.3 Å². The highest BCUT2D eigenvalue weighted by atomic mass is 16.4. The van der Waals surface area contributed by atoms with E-state index in [0.29, 0.717) is 6.54 Å². The van der Waals surface area contributed by atoms with Gasteiger partial charge in [0, 0.05) is 12.6 Å². The second kappa shape index (κ2) is 8.36. The number of amides is 3. The molecular weight excluding hydrogens is 264 g/mol. The van der Waals surface area contributed by atoms with Gasteiger partial charge in [-0.3, -0.25) is 4.79 Å². The number of nitrogens with one attached hydrogen (secondary N) is 2. The number of carbonyl (C=O) groups excluding carboxylic acids is 2. The van der Waals surface area contributed by atoms with Gasteiger partial charge in [0.15, 0.2) is 0 Å². The summed E-state index contributed by atoms with van der Waals surface area (Å²) in [6.07, 6.45) is -0.442. The Morgan fingerprint density at radius 2 is 1.75 bits per heavy atom. The van der Waals surface area contributed by atoms with Crippen molar-refractivity contribution in [1.82, 2.24) is 15.5 Å². The highest BCUT2D eigenvalue weighted by Crippen LogP contribution is 2.03. The minimum Gasteiger partial charge on any atom is -0.480 e. The Bertz CT molecular complexity index is 357. The molecule has 3 amide bonds. The molecule has 0 aliphatic rings. The fraction of sp³-hybridized carbons (Fsp3) is 0.750. The van der Waals surface area contributed by atoms with Gasteiger partial charge in [0.25, 0.3) is 0 Å². The van der Waals surface area contributed by atoms with Gasteiger partial charge in [-0.05, 0) is 20.0 Å². The number of carbonyl (C=O) groups is 3. The van der Waals surface area contributed by atoms with E-state index in [2.05, 4.69) is 10.6 Å². The quantitative estimate of drug-likeness (QED) is 0.465.